The molecule has 22 heavy (non-hydrogen) atoms. The van der Waals surface area contributed by atoms with Crippen molar-refractivity contribution in [1.29, 1.82) is 0 Å². The maximum atomic E-state index is 12.5. The lowest BCUT2D eigenvalue weighted by molar-refractivity contribution is -0.984. The number of hydrogen-bond donors (Lipinski definition) is 0. The van der Waals surface area contributed by atoms with Gasteiger partial charge in [-0.1, -0.05) is 28.4 Å². The molecule has 2 aromatic rings. The third kappa shape index (κ3) is 2.63. The number of amides is 1. The molecule has 5 heteroatoms. The molecule has 0 unspecified atom stereocenters. The number of likely N-dealkylation sites (N-methyl/N-ethyl adjacent to an activating group) is 1. The van der Waals surface area contributed by atoms with Crippen LogP contribution in [-0.4, -0.2) is 30.4 Å². The molecule has 0 atom stereocenters. The average Bonchev–Trinajstić information content (AvgIpc) is 2.48. The minimum Gasteiger partial charge on any atom is -0.308 e. The van der Waals surface area contributed by atoms with Crippen molar-refractivity contribution in [2.24, 2.45) is 0 Å². The van der Waals surface area contributed by atoms with Crippen LogP contribution in [0.4, 0.5) is 0 Å². The van der Waals surface area contributed by atoms with Gasteiger partial charge in [0, 0.05) is 21.7 Å². The number of hydroxylamine groups is 3. The van der Waals surface area contributed by atoms with Crippen molar-refractivity contribution in [2.75, 3.05) is 14.1 Å². The Morgan fingerprint density at radius 1 is 1.09 bits per heavy atom. The second-order valence-electron chi connectivity index (χ2n) is 5.67. The van der Waals surface area contributed by atoms with E-state index in [1.54, 1.807) is 56.6 Å². The topological polar surface area (TPSA) is 43.4 Å². The van der Waals surface area contributed by atoms with Gasteiger partial charge in [0.05, 0.1) is 6.42 Å². The van der Waals surface area contributed by atoms with Gasteiger partial charge in [0.2, 0.25) is 0 Å². The van der Waals surface area contributed by atoms with Crippen LogP contribution in [0.5, 0.6) is 5.75 Å². The van der Waals surface area contributed by atoms with E-state index >= 15 is 0 Å². The summed E-state index contributed by atoms with van der Waals surface area (Å²) >= 11 is 5.84. The molecule has 1 amide bonds. The highest BCUT2D eigenvalue weighted by molar-refractivity contribution is 6.30. The van der Waals surface area contributed by atoms with E-state index in [4.69, 9.17) is 16.4 Å². The lowest BCUT2D eigenvalue weighted by Crippen LogP contribution is -2.51. The summed E-state index contributed by atoms with van der Waals surface area (Å²) in [4.78, 5) is 30.1. The zero-order chi connectivity index (χ0) is 15.9. The van der Waals surface area contributed by atoms with Gasteiger partial charge in [-0.3, -0.25) is 4.79 Å². The van der Waals surface area contributed by atoms with Gasteiger partial charge in [-0.05, 0) is 30.3 Å². The zero-order valence-electron chi connectivity index (χ0n) is 12.3. The lowest BCUT2D eigenvalue weighted by Gasteiger charge is -2.29. The van der Waals surface area contributed by atoms with Crippen LogP contribution < -0.4 is 4.84 Å². The van der Waals surface area contributed by atoms with Gasteiger partial charge >= 0.3 is 5.91 Å². The molecule has 0 bridgehead atoms. The van der Waals surface area contributed by atoms with Gasteiger partial charge in [-0.15, -0.1) is 0 Å². The number of benzene rings is 2. The van der Waals surface area contributed by atoms with E-state index in [1.165, 1.54) is 0 Å². The van der Waals surface area contributed by atoms with E-state index in [9.17, 15) is 9.59 Å². The first-order chi connectivity index (χ1) is 10.4. The fourth-order valence-corrected chi connectivity index (χ4v) is 2.47. The molecule has 2 aromatic carbocycles. The number of fused-ring (bicyclic) bond motifs is 1. The van der Waals surface area contributed by atoms with E-state index in [-0.39, 0.29) is 16.3 Å². The maximum absolute atomic E-state index is 12.5. The number of ketones is 1. The van der Waals surface area contributed by atoms with Crippen LogP contribution in [0.1, 0.15) is 21.5 Å². The van der Waals surface area contributed by atoms with Gasteiger partial charge in [0.15, 0.2) is 11.5 Å². The van der Waals surface area contributed by atoms with Crippen molar-refractivity contribution in [3.8, 4) is 5.75 Å². The molecule has 0 radical (unpaired) electrons. The van der Waals surface area contributed by atoms with Crippen LogP contribution in [0.2, 0.25) is 5.02 Å². The summed E-state index contributed by atoms with van der Waals surface area (Å²) in [6.45, 7) is 0. The predicted octanol–water partition coefficient (Wildman–Crippen LogP) is 3.02. The summed E-state index contributed by atoms with van der Waals surface area (Å²) in [5.74, 6) is 0.443. The van der Waals surface area contributed by atoms with Crippen molar-refractivity contribution in [1.82, 2.24) is 0 Å². The van der Waals surface area contributed by atoms with Crippen molar-refractivity contribution in [3.63, 3.8) is 0 Å². The smallest absolute Gasteiger partial charge is 0.308 e. The van der Waals surface area contributed by atoms with Gasteiger partial charge in [-0.25, -0.2) is 4.79 Å². The summed E-state index contributed by atoms with van der Waals surface area (Å²) in [7, 11) is 3.36. The Morgan fingerprint density at radius 2 is 1.73 bits per heavy atom. The molecule has 0 N–H and O–H groups in total. The Morgan fingerprint density at radius 3 is 2.41 bits per heavy atom. The first-order valence-corrected chi connectivity index (χ1v) is 7.25. The number of nitrogens with zero attached hydrogens (tertiary/aromatic N) is 1. The summed E-state index contributed by atoms with van der Waals surface area (Å²) in [6.07, 6.45) is 0.303. The highest BCUT2D eigenvalue weighted by Crippen LogP contribution is 2.29. The molecule has 1 heterocycles. The predicted molar refractivity (Wildman–Crippen MR) is 82.8 cm³/mol. The highest BCUT2D eigenvalue weighted by Gasteiger charge is 2.36. The van der Waals surface area contributed by atoms with Crippen molar-refractivity contribution in [3.05, 3.63) is 64.2 Å². The van der Waals surface area contributed by atoms with Crippen LogP contribution in [0, 0.1) is 0 Å². The van der Waals surface area contributed by atoms with Gasteiger partial charge in [-0.2, -0.15) is 0 Å². The third-order valence-corrected chi connectivity index (χ3v) is 3.96. The van der Waals surface area contributed by atoms with Crippen molar-refractivity contribution in [2.45, 2.75) is 6.42 Å². The zero-order valence-corrected chi connectivity index (χ0v) is 13.1. The molecular weight excluding hydrogens is 302 g/mol. The minimum absolute atomic E-state index is 0.0238. The fourth-order valence-electron chi connectivity index (χ4n) is 2.34. The average molecular weight is 317 g/mol. The van der Waals surface area contributed by atoms with E-state index in [2.05, 4.69) is 0 Å². The van der Waals surface area contributed by atoms with Crippen LogP contribution in [0.25, 0.3) is 0 Å². The molecule has 0 aromatic heterocycles. The van der Waals surface area contributed by atoms with Crippen molar-refractivity contribution >= 4 is 23.3 Å². The van der Waals surface area contributed by atoms with E-state index < -0.39 is 0 Å². The molecule has 112 valence electrons. The molecule has 0 spiro atoms. The Bertz CT molecular complexity index is 766. The quantitative estimate of drug-likeness (QED) is 0.632. The van der Waals surface area contributed by atoms with Crippen LogP contribution in [0.3, 0.4) is 0 Å². The van der Waals surface area contributed by atoms with Crippen molar-refractivity contribution < 1.29 is 19.1 Å². The maximum Gasteiger partial charge on any atom is 0.358 e. The fraction of sp³-hybridized carbons (Fsp3) is 0.176. The molecular formula is C17H15ClNO3+. The molecule has 4 nitrogen and oxygen atoms in total. The lowest BCUT2D eigenvalue weighted by atomic mass is 9.99. The van der Waals surface area contributed by atoms with Gasteiger partial charge < -0.3 is 4.84 Å². The molecule has 3 rings (SSSR count). The summed E-state index contributed by atoms with van der Waals surface area (Å²) in [5, 5.41) is 0.586. The summed E-state index contributed by atoms with van der Waals surface area (Å²) < 4.78 is -0.175. The molecule has 1 aliphatic rings. The van der Waals surface area contributed by atoms with Crippen LogP contribution in [-0.2, 0) is 11.2 Å². The Balaban J connectivity index is 1.95. The number of quaternary nitrogens is 1. The second-order valence-corrected chi connectivity index (χ2v) is 6.11. The van der Waals surface area contributed by atoms with Crippen LogP contribution >= 0.6 is 11.6 Å². The number of rotatable bonds is 2. The standard InChI is InChI=1S/C17H15ClNO3/c1-19(2)16(20)10-12-3-4-13(9-15(12)22-19)17(21)11-5-7-14(18)8-6-11/h3-9H,10H2,1-2H3/q+1. The third-order valence-electron chi connectivity index (χ3n) is 3.70. The van der Waals surface area contributed by atoms with E-state index in [0.29, 0.717) is 28.3 Å². The Kier molecular flexibility index (Phi) is 3.51. The highest BCUT2D eigenvalue weighted by atomic mass is 35.5. The second kappa shape index (κ2) is 5.23. The molecule has 1 aliphatic heterocycles. The summed E-state index contributed by atoms with van der Waals surface area (Å²) in [5.41, 5.74) is 1.88. The molecule has 0 fully saturated rings. The SMILES string of the molecule is C[N+]1(C)Oc2cc(C(=O)c3ccc(Cl)cc3)ccc2CC1=O. The van der Waals surface area contributed by atoms with Gasteiger partial charge in [0.1, 0.15) is 14.1 Å². The minimum atomic E-state index is -0.175. The van der Waals surface area contributed by atoms with Gasteiger partial charge in [0.25, 0.3) is 0 Å². The van der Waals surface area contributed by atoms with E-state index in [1.807, 2.05) is 0 Å². The number of hydrogen-bond acceptors (Lipinski definition) is 3. The Hall–Kier alpha value is -2.17. The normalized spacial score (nSPS) is 15.9. The molecule has 0 aliphatic carbocycles. The Labute approximate surface area is 133 Å². The first kappa shape index (κ1) is 14.8. The number of halogens is 1. The molecule has 0 saturated carbocycles. The first-order valence-electron chi connectivity index (χ1n) is 6.87. The molecule has 0 saturated heterocycles. The monoisotopic (exact) mass is 316 g/mol. The largest absolute Gasteiger partial charge is 0.358 e. The number of carbonyl (C=O) groups is 2. The van der Waals surface area contributed by atoms with E-state index in [0.717, 1.165) is 5.56 Å². The van der Waals surface area contributed by atoms with Crippen LogP contribution in [0.15, 0.2) is 42.5 Å². The summed E-state index contributed by atoms with van der Waals surface area (Å²) in [6, 6.07) is 11.9. The number of carbonyl (C=O) groups excluding carboxylic acids is 2.